The lowest BCUT2D eigenvalue weighted by molar-refractivity contribution is -0.137. The van der Waals surface area contributed by atoms with Crippen LogP contribution in [0.4, 0.5) is 0 Å². The number of sulfonamides is 2. The number of aliphatic carboxylic acids is 2. The van der Waals surface area contributed by atoms with E-state index < -0.39 is 52.2 Å². The van der Waals surface area contributed by atoms with Crippen molar-refractivity contribution in [3.05, 3.63) is 156 Å². The van der Waals surface area contributed by atoms with Gasteiger partial charge in [-0.05, 0) is 48.0 Å². The molecule has 0 atom stereocenters. The Kier molecular flexibility index (Phi) is 59.5. The lowest BCUT2D eigenvalue weighted by Gasteiger charge is -1.82. The van der Waals surface area contributed by atoms with Gasteiger partial charge in [0.25, 0.3) is 26.2 Å². The Morgan fingerprint density at radius 3 is 0.647 bits per heavy atom. The van der Waals surface area contributed by atoms with Crippen molar-refractivity contribution in [1.29, 1.82) is 0 Å². The first kappa shape index (κ1) is 79.6. The number of carboxylic acid groups (broad SMARTS) is 2. The third kappa shape index (κ3) is 161. The Balaban J connectivity index is -0.0000000968. The molecule has 0 unspecified atom stereocenters. The molecule has 68 heavy (non-hydrogen) atoms. The van der Waals surface area contributed by atoms with E-state index in [0.717, 1.165) is 25.3 Å². The highest BCUT2D eigenvalue weighted by atomic mass is 32.2. The van der Waals surface area contributed by atoms with Gasteiger partial charge in [0.1, 0.15) is 0 Å². The number of primary sulfonamides is 2. The van der Waals surface area contributed by atoms with E-state index in [0.29, 0.717) is 6.26 Å². The molecule has 0 aliphatic heterocycles. The zero-order valence-corrected chi connectivity index (χ0v) is 44.6. The Labute approximate surface area is 407 Å². The second-order valence-corrected chi connectivity index (χ2v) is 19.7. The third-order valence-electron chi connectivity index (χ3n) is 5.29. The predicted octanol–water partition coefficient (Wildman–Crippen LogP) is 6.51. The van der Waals surface area contributed by atoms with Gasteiger partial charge in [-0.3, -0.25) is 23.5 Å². The van der Waals surface area contributed by atoms with Gasteiger partial charge in [-0.2, -0.15) is 16.8 Å². The topological polar surface area (TPSA) is 373 Å². The first-order valence-electron chi connectivity index (χ1n) is 19.7. The zero-order valence-electron chi connectivity index (χ0n) is 41.3. The number of primary amides is 1. The van der Waals surface area contributed by atoms with Gasteiger partial charge < -0.3 is 21.7 Å². The summed E-state index contributed by atoms with van der Waals surface area (Å²) in [7, 11) is -13.7. The summed E-state index contributed by atoms with van der Waals surface area (Å²) in [4.78, 5) is 27.6. The predicted molar refractivity (Wildman–Crippen MR) is 277 cm³/mol. The summed E-state index contributed by atoms with van der Waals surface area (Å²) in [5.74, 6) is -2.09. The number of benzene rings is 4. The molecule has 0 aromatic heterocycles. The van der Waals surface area contributed by atoms with Crippen molar-refractivity contribution >= 4 is 58.1 Å². The number of carboxylic acids is 2. The van der Waals surface area contributed by atoms with Crippen LogP contribution in [0, 0.1) is 27.7 Å². The summed E-state index contributed by atoms with van der Waals surface area (Å²) < 4.78 is 91.2. The van der Waals surface area contributed by atoms with Crippen LogP contribution in [0.25, 0.3) is 0 Å². The van der Waals surface area contributed by atoms with Crippen molar-refractivity contribution in [1.82, 2.24) is 0 Å². The molecule has 0 radical (unpaired) electrons. The van der Waals surface area contributed by atoms with E-state index in [9.17, 15) is 43.3 Å². The Bertz CT molecular complexity index is 1990. The summed E-state index contributed by atoms with van der Waals surface area (Å²) in [6, 6.07) is 41.0. The SMILES string of the molecule is C=C(N)CC.CC(=O)O.CC(N)=O.CCC(=O)O.CCS(=O)(=O)O.CCS(N)(=O)=O.CS(=O)(=O)O.CS(N)(=O)=O.Cc1ccccc1.Cc1ccccc1.Cc1ccccc1.Cc1ccccc1. The van der Waals surface area contributed by atoms with Crippen molar-refractivity contribution < 1.29 is 67.4 Å². The van der Waals surface area contributed by atoms with Crippen molar-refractivity contribution in [3.63, 3.8) is 0 Å². The maximum Gasteiger partial charge on any atom is 0.303 e. The molecule has 4 aromatic rings. The molecule has 23 heteroatoms. The van der Waals surface area contributed by atoms with Crippen LogP contribution < -0.4 is 21.7 Å². The summed E-state index contributed by atoms with van der Waals surface area (Å²) >= 11 is 0. The third-order valence-corrected chi connectivity index (χ3v) is 6.82. The van der Waals surface area contributed by atoms with Crippen LogP contribution in [0.15, 0.2) is 134 Å². The molecule has 392 valence electrons. The largest absolute Gasteiger partial charge is 0.481 e. The fourth-order valence-electron chi connectivity index (χ4n) is 2.14. The molecule has 1 amide bonds. The highest BCUT2D eigenvalue weighted by Gasteiger charge is 1.93. The lowest BCUT2D eigenvalue weighted by Crippen LogP contribution is -2.13. The number of carbonyl (C=O) groups excluding carboxylic acids is 1. The molecular weight excluding hydrogens is 965 g/mol. The van der Waals surface area contributed by atoms with Gasteiger partial charge in [-0.15, -0.1) is 0 Å². The highest BCUT2D eigenvalue weighted by molar-refractivity contribution is 7.89. The van der Waals surface area contributed by atoms with Crippen molar-refractivity contribution in [3.8, 4) is 0 Å². The standard InChI is InChI=1S/4C7H8.C4H9N.C3H6O2.C2H7NO2S.C2H5NO.C2H6O3S.C2H4O2.CH5NO2S.CH4O3S/c4*1-7-5-3-2-4-6-7;1-3-4(2)5;1-2-3(4)5;1-2-6(3,4)5;1-2(3)4;1-2-6(3,4)5;1-2(3)4;2*1-5(2,3)4/h4*2-6H,1H3;2-3,5H2,1H3;2H2,1H3,(H,4,5);2H2,1H3,(H2,3,4,5);1H3,(H2,3,4);2H2,1H3,(H,3,4,5);1H3,(H,3,4);1H3,(H2,2,3,4);1H3,(H,2,3,4). The van der Waals surface area contributed by atoms with Crippen LogP contribution in [0.2, 0.25) is 0 Å². The molecular formula is C45H78N4O15S4. The monoisotopic (exact) mass is 1040 g/mol. The minimum Gasteiger partial charge on any atom is -0.481 e. The summed E-state index contributed by atoms with van der Waals surface area (Å²) in [6.45, 7) is 20.6. The molecule has 0 spiro atoms. The zero-order chi connectivity index (χ0) is 55.6. The number of hydrogen-bond acceptors (Lipinski definition) is 12. The van der Waals surface area contributed by atoms with E-state index in [1.165, 1.54) is 43.0 Å². The number of aryl methyl sites for hydroxylation is 4. The number of hydrogen-bond donors (Lipinski definition) is 8. The molecule has 4 aromatic carbocycles. The Morgan fingerprint density at radius 1 is 0.500 bits per heavy atom. The minimum absolute atomic E-state index is 0.0208. The van der Waals surface area contributed by atoms with Crippen LogP contribution in [0.5, 0.6) is 0 Å². The van der Waals surface area contributed by atoms with E-state index in [-0.39, 0.29) is 23.8 Å². The second kappa shape index (κ2) is 50.9. The van der Waals surface area contributed by atoms with Gasteiger partial charge in [0, 0.05) is 26.0 Å². The molecule has 0 fully saturated rings. The lowest BCUT2D eigenvalue weighted by atomic mass is 10.2. The van der Waals surface area contributed by atoms with Gasteiger partial charge in [0.2, 0.25) is 26.0 Å². The van der Waals surface area contributed by atoms with E-state index in [1.807, 2.05) is 79.7 Å². The molecule has 0 saturated carbocycles. The fourth-order valence-corrected chi connectivity index (χ4v) is 2.14. The van der Waals surface area contributed by atoms with Gasteiger partial charge in [0.15, 0.2) is 0 Å². The van der Waals surface area contributed by atoms with Crippen molar-refractivity contribution in [2.24, 2.45) is 21.7 Å². The Morgan fingerprint density at radius 2 is 0.618 bits per heavy atom. The van der Waals surface area contributed by atoms with Gasteiger partial charge in [-0.1, -0.05) is 164 Å². The average molecular weight is 1040 g/mol. The summed E-state index contributed by atoms with van der Waals surface area (Å²) in [5, 5.41) is 24.0. The first-order valence-corrected chi connectivity index (χ1v) is 26.9. The van der Waals surface area contributed by atoms with E-state index >= 15 is 0 Å². The molecule has 0 saturated heterocycles. The number of rotatable bonds is 4. The average Bonchev–Trinajstić information content (AvgIpc) is 3.18. The molecule has 0 heterocycles. The van der Waals surface area contributed by atoms with Crippen LogP contribution in [0.1, 0.15) is 76.6 Å². The van der Waals surface area contributed by atoms with Crippen molar-refractivity contribution in [2.75, 3.05) is 24.0 Å². The van der Waals surface area contributed by atoms with Gasteiger partial charge >= 0.3 is 5.97 Å². The Hall–Kier alpha value is -5.53. The normalized spacial score (nSPS) is 9.18. The van der Waals surface area contributed by atoms with Crippen LogP contribution in [-0.2, 0) is 54.7 Å². The number of nitrogens with two attached hydrogens (primary N) is 4. The second-order valence-electron chi connectivity index (χ2n) is 12.9. The molecule has 0 aliphatic carbocycles. The smallest absolute Gasteiger partial charge is 0.303 e. The molecule has 0 bridgehead atoms. The molecule has 0 aliphatic rings. The van der Waals surface area contributed by atoms with E-state index in [4.69, 9.17) is 29.8 Å². The van der Waals surface area contributed by atoms with E-state index in [1.54, 1.807) is 6.92 Å². The summed E-state index contributed by atoms with van der Waals surface area (Å²) in [5.41, 5.74) is 15.6. The maximum atomic E-state index is 9.78. The quantitative estimate of drug-likeness (QED) is 0.101. The molecule has 19 nitrogen and oxygen atoms in total. The van der Waals surface area contributed by atoms with Crippen LogP contribution >= 0.6 is 0 Å². The molecule has 4 rings (SSSR count). The highest BCUT2D eigenvalue weighted by Crippen LogP contribution is 1.94. The van der Waals surface area contributed by atoms with Crippen molar-refractivity contribution in [2.45, 2.75) is 82.1 Å². The van der Waals surface area contributed by atoms with Gasteiger partial charge in [0.05, 0.1) is 24.0 Å². The number of amides is 1. The van der Waals surface area contributed by atoms with Crippen LogP contribution in [0.3, 0.4) is 0 Å². The molecule has 12 N–H and O–H groups in total. The number of allylic oxidation sites excluding steroid dienone is 1. The maximum absolute atomic E-state index is 9.78. The van der Waals surface area contributed by atoms with E-state index in [2.05, 4.69) is 98.8 Å². The van der Waals surface area contributed by atoms with Crippen LogP contribution in [-0.4, -0.2) is 94.9 Å². The summed E-state index contributed by atoms with van der Waals surface area (Å²) in [6.07, 6.45) is 2.76. The van der Waals surface area contributed by atoms with Gasteiger partial charge in [-0.25, -0.2) is 27.1 Å². The fraction of sp³-hybridized carbons (Fsp3) is 0.356. The number of carbonyl (C=O) groups is 3. The minimum atomic E-state index is -3.67. The first-order chi connectivity index (χ1) is 30.7.